The van der Waals surface area contributed by atoms with Gasteiger partial charge in [0.05, 0.1) is 6.10 Å². The second kappa shape index (κ2) is 7.04. The van der Waals surface area contributed by atoms with Crippen molar-refractivity contribution in [3.05, 3.63) is 35.4 Å². The Morgan fingerprint density at radius 2 is 2.11 bits per heavy atom. The zero-order valence-electron chi connectivity index (χ0n) is 12.1. The highest BCUT2D eigenvalue weighted by molar-refractivity contribution is 5.23. The van der Waals surface area contributed by atoms with Crippen molar-refractivity contribution in [3.63, 3.8) is 0 Å². The molecule has 2 N–H and O–H groups in total. The molecular weight excluding hydrogens is 236 g/mol. The van der Waals surface area contributed by atoms with Crippen LogP contribution in [0.3, 0.4) is 0 Å². The summed E-state index contributed by atoms with van der Waals surface area (Å²) in [4.78, 5) is 2.34. The molecule has 0 aliphatic carbocycles. The Morgan fingerprint density at radius 1 is 1.37 bits per heavy atom. The Kier molecular flexibility index (Phi) is 5.37. The third-order valence-electron chi connectivity index (χ3n) is 3.87. The number of nitrogens with two attached hydrogens (primary N) is 1. The van der Waals surface area contributed by atoms with Crippen molar-refractivity contribution < 1.29 is 4.74 Å². The second-order valence-electron chi connectivity index (χ2n) is 5.70. The topological polar surface area (TPSA) is 38.5 Å². The molecule has 3 heteroatoms. The summed E-state index contributed by atoms with van der Waals surface area (Å²) in [5.41, 5.74) is 8.76. The van der Waals surface area contributed by atoms with Crippen LogP contribution in [0, 0.1) is 6.92 Å². The minimum Gasteiger partial charge on any atom is -0.377 e. The number of nitrogens with zero attached hydrogens (tertiary/aromatic N) is 1. The smallest absolute Gasteiger partial charge is 0.0702 e. The van der Waals surface area contributed by atoms with Gasteiger partial charge in [0.1, 0.15) is 0 Å². The highest BCUT2D eigenvalue weighted by atomic mass is 16.5. The predicted octanol–water partition coefficient (Wildman–Crippen LogP) is 2.50. The fraction of sp³-hybridized carbons (Fsp3) is 0.625. The number of ether oxygens (including phenoxy) is 1. The van der Waals surface area contributed by atoms with Gasteiger partial charge >= 0.3 is 0 Å². The summed E-state index contributed by atoms with van der Waals surface area (Å²) in [7, 11) is 2.16. The maximum atomic E-state index is 6.24. The third-order valence-corrected chi connectivity index (χ3v) is 3.87. The van der Waals surface area contributed by atoms with Gasteiger partial charge in [-0.3, -0.25) is 0 Å². The highest BCUT2D eigenvalue weighted by Crippen LogP contribution is 2.16. The Hall–Kier alpha value is -0.900. The molecule has 0 amide bonds. The SMILES string of the molecule is Cc1ccc(C(N)CCN(C)CC2CCCO2)cc1. The van der Waals surface area contributed by atoms with Crippen molar-refractivity contribution in [3.8, 4) is 0 Å². The molecule has 1 saturated heterocycles. The van der Waals surface area contributed by atoms with Crippen LogP contribution in [-0.2, 0) is 4.74 Å². The quantitative estimate of drug-likeness (QED) is 0.856. The van der Waals surface area contributed by atoms with Crippen LogP contribution in [0.15, 0.2) is 24.3 Å². The van der Waals surface area contributed by atoms with Crippen molar-refractivity contribution >= 4 is 0 Å². The molecule has 3 nitrogen and oxygen atoms in total. The summed E-state index contributed by atoms with van der Waals surface area (Å²) in [6.07, 6.45) is 3.84. The molecule has 0 radical (unpaired) electrons. The van der Waals surface area contributed by atoms with E-state index in [-0.39, 0.29) is 6.04 Å². The lowest BCUT2D eigenvalue weighted by Crippen LogP contribution is -2.31. The molecule has 1 aromatic rings. The van der Waals surface area contributed by atoms with Crippen LogP contribution in [0.2, 0.25) is 0 Å². The number of hydrogen-bond acceptors (Lipinski definition) is 3. The van der Waals surface area contributed by atoms with Gasteiger partial charge in [0.15, 0.2) is 0 Å². The normalized spacial score (nSPS) is 20.9. The molecule has 0 spiro atoms. The summed E-state index contributed by atoms with van der Waals surface area (Å²) in [6, 6.07) is 8.67. The average Bonchev–Trinajstić information content (AvgIpc) is 2.89. The van der Waals surface area contributed by atoms with E-state index in [1.165, 1.54) is 24.0 Å². The van der Waals surface area contributed by atoms with Crippen LogP contribution in [0.4, 0.5) is 0 Å². The van der Waals surface area contributed by atoms with Gasteiger partial charge in [-0.05, 0) is 45.3 Å². The van der Waals surface area contributed by atoms with Crippen molar-refractivity contribution in [1.29, 1.82) is 0 Å². The van der Waals surface area contributed by atoms with Gasteiger partial charge in [-0.1, -0.05) is 29.8 Å². The first-order valence-electron chi connectivity index (χ1n) is 7.27. The Labute approximate surface area is 116 Å². The molecule has 1 aliphatic rings. The van der Waals surface area contributed by atoms with E-state index in [0.29, 0.717) is 6.10 Å². The number of likely N-dealkylation sites (N-methyl/N-ethyl adjacent to an activating group) is 1. The summed E-state index contributed by atoms with van der Waals surface area (Å²) in [5, 5.41) is 0. The molecule has 0 bridgehead atoms. The minimum atomic E-state index is 0.132. The molecule has 2 rings (SSSR count). The van der Waals surface area contributed by atoms with Crippen LogP contribution in [0.5, 0.6) is 0 Å². The van der Waals surface area contributed by atoms with Crippen LogP contribution in [0.1, 0.15) is 36.4 Å². The fourth-order valence-corrected chi connectivity index (χ4v) is 2.57. The van der Waals surface area contributed by atoms with Gasteiger partial charge < -0.3 is 15.4 Å². The first kappa shape index (κ1) is 14.5. The summed E-state index contributed by atoms with van der Waals surface area (Å²) >= 11 is 0. The summed E-state index contributed by atoms with van der Waals surface area (Å²) in [6.45, 7) is 5.08. The van der Waals surface area contributed by atoms with E-state index >= 15 is 0 Å². The van der Waals surface area contributed by atoms with Crippen molar-refractivity contribution in [2.75, 3.05) is 26.7 Å². The number of benzene rings is 1. The predicted molar refractivity (Wildman–Crippen MR) is 79.2 cm³/mol. The van der Waals surface area contributed by atoms with Crippen molar-refractivity contribution in [1.82, 2.24) is 4.90 Å². The molecule has 0 saturated carbocycles. The molecule has 0 aromatic heterocycles. The van der Waals surface area contributed by atoms with E-state index < -0.39 is 0 Å². The molecule has 19 heavy (non-hydrogen) atoms. The van der Waals surface area contributed by atoms with E-state index in [0.717, 1.165) is 26.1 Å². The van der Waals surface area contributed by atoms with Gasteiger partial charge in [-0.15, -0.1) is 0 Å². The Bertz CT molecular complexity index is 371. The van der Waals surface area contributed by atoms with E-state index in [1.807, 2.05) is 0 Å². The van der Waals surface area contributed by atoms with Crippen molar-refractivity contribution in [2.45, 2.75) is 38.3 Å². The fourth-order valence-electron chi connectivity index (χ4n) is 2.57. The first-order valence-corrected chi connectivity index (χ1v) is 7.27. The molecular formula is C16H26N2O. The second-order valence-corrected chi connectivity index (χ2v) is 5.70. The number of rotatable bonds is 6. The first-order chi connectivity index (χ1) is 9.15. The molecule has 2 unspecified atom stereocenters. The zero-order valence-corrected chi connectivity index (χ0v) is 12.1. The highest BCUT2D eigenvalue weighted by Gasteiger charge is 2.17. The lowest BCUT2D eigenvalue weighted by atomic mass is 10.0. The maximum Gasteiger partial charge on any atom is 0.0702 e. The molecule has 2 atom stereocenters. The van der Waals surface area contributed by atoms with Crippen LogP contribution in [0.25, 0.3) is 0 Å². The Morgan fingerprint density at radius 3 is 2.74 bits per heavy atom. The van der Waals surface area contributed by atoms with Crippen LogP contribution in [-0.4, -0.2) is 37.7 Å². The third kappa shape index (κ3) is 4.60. The maximum absolute atomic E-state index is 6.24. The Balaban J connectivity index is 1.73. The van der Waals surface area contributed by atoms with Gasteiger partial charge in [-0.2, -0.15) is 0 Å². The monoisotopic (exact) mass is 262 g/mol. The van der Waals surface area contributed by atoms with Gasteiger partial charge in [-0.25, -0.2) is 0 Å². The summed E-state index contributed by atoms with van der Waals surface area (Å²) < 4.78 is 5.66. The minimum absolute atomic E-state index is 0.132. The number of hydrogen-bond donors (Lipinski definition) is 1. The van der Waals surface area contributed by atoms with Gasteiger partial charge in [0.25, 0.3) is 0 Å². The lowest BCUT2D eigenvalue weighted by molar-refractivity contribution is 0.0804. The molecule has 1 aliphatic heterocycles. The van der Waals surface area contributed by atoms with Gasteiger partial charge in [0, 0.05) is 19.2 Å². The molecule has 1 fully saturated rings. The van der Waals surface area contributed by atoms with E-state index in [2.05, 4.69) is 43.1 Å². The standard InChI is InChI=1S/C16H26N2O/c1-13-5-7-14(8-6-13)16(17)9-10-18(2)12-15-4-3-11-19-15/h5-8,15-16H,3-4,9-12,17H2,1-2H3. The van der Waals surface area contributed by atoms with E-state index in [9.17, 15) is 0 Å². The average molecular weight is 262 g/mol. The molecule has 1 heterocycles. The van der Waals surface area contributed by atoms with E-state index in [1.54, 1.807) is 0 Å². The van der Waals surface area contributed by atoms with Crippen molar-refractivity contribution in [2.24, 2.45) is 5.73 Å². The summed E-state index contributed by atoms with van der Waals surface area (Å²) in [5.74, 6) is 0. The zero-order chi connectivity index (χ0) is 13.7. The van der Waals surface area contributed by atoms with E-state index in [4.69, 9.17) is 10.5 Å². The van der Waals surface area contributed by atoms with Gasteiger partial charge in [0.2, 0.25) is 0 Å². The van der Waals surface area contributed by atoms with Crippen LogP contribution < -0.4 is 5.73 Å². The largest absolute Gasteiger partial charge is 0.377 e. The number of aryl methyl sites for hydroxylation is 1. The molecule has 106 valence electrons. The lowest BCUT2D eigenvalue weighted by Gasteiger charge is -2.22. The van der Waals surface area contributed by atoms with Crippen LogP contribution >= 0.6 is 0 Å². The molecule has 1 aromatic carbocycles.